The number of benzene rings is 2. The number of rotatable bonds is 4. The number of hydrogen-bond acceptors (Lipinski definition) is 3. The molecule has 164 valence electrons. The van der Waals surface area contributed by atoms with Gasteiger partial charge in [0.15, 0.2) is 0 Å². The van der Waals surface area contributed by atoms with Crippen molar-refractivity contribution in [3.05, 3.63) is 70.7 Å². The van der Waals surface area contributed by atoms with Crippen LogP contribution in [0.1, 0.15) is 46.4 Å². The SMILES string of the molecule is CNC(=O)c1cc(-c2ccccc2F)c2c(C)c(C3=CCC(C(=O)O)CC3)c(C)cc2n1. The zero-order chi connectivity index (χ0) is 23.0. The van der Waals surface area contributed by atoms with Gasteiger partial charge in [0.05, 0.1) is 11.4 Å². The van der Waals surface area contributed by atoms with Gasteiger partial charge in [-0.2, -0.15) is 0 Å². The quantitative estimate of drug-likeness (QED) is 0.587. The van der Waals surface area contributed by atoms with Crippen molar-refractivity contribution in [2.75, 3.05) is 7.05 Å². The van der Waals surface area contributed by atoms with E-state index in [2.05, 4.69) is 10.3 Å². The molecule has 32 heavy (non-hydrogen) atoms. The molecule has 0 fully saturated rings. The zero-order valence-electron chi connectivity index (χ0n) is 18.3. The largest absolute Gasteiger partial charge is 0.481 e. The minimum Gasteiger partial charge on any atom is -0.481 e. The highest BCUT2D eigenvalue weighted by molar-refractivity contribution is 6.04. The minimum absolute atomic E-state index is 0.228. The van der Waals surface area contributed by atoms with Crippen molar-refractivity contribution in [3.8, 4) is 11.1 Å². The minimum atomic E-state index is -0.764. The maximum Gasteiger partial charge on any atom is 0.306 e. The predicted molar refractivity (Wildman–Crippen MR) is 123 cm³/mol. The van der Waals surface area contributed by atoms with Crippen LogP contribution < -0.4 is 5.32 Å². The first-order valence-electron chi connectivity index (χ1n) is 10.7. The van der Waals surface area contributed by atoms with Crippen LogP contribution >= 0.6 is 0 Å². The molecule has 1 aliphatic rings. The molecule has 4 rings (SSSR count). The summed E-state index contributed by atoms with van der Waals surface area (Å²) in [6.07, 6.45) is 3.77. The second-order valence-corrected chi connectivity index (χ2v) is 8.24. The molecular formula is C26H25FN2O3. The lowest BCUT2D eigenvalue weighted by molar-refractivity contribution is -0.141. The zero-order valence-corrected chi connectivity index (χ0v) is 18.3. The van der Waals surface area contributed by atoms with Gasteiger partial charge in [-0.25, -0.2) is 9.37 Å². The van der Waals surface area contributed by atoms with Crippen LogP contribution in [0.25, 0.3) is 27.6 Å². The van der Waals surface area contributed by atoms with Gasteiger partial charge in [0.2, 0.25) is 0 Å². The van der Waals surface area contributed by atoms with Crippen LogP contribution in [0.15, 0.2) is 42.5 Å². The molecule has 1 unspecified atom stereocenters. The molecule has 1 aromatic heterocycles. The van der Waals surface area contributed by atoms with Gasteiger partial charge in [-0.1, -0.05) is 24.3 Å². The number of allylic oxidation sites excluding steroid dienone is 2. The Morgan fingerprint density at radius 1 is 1.16 bits per heavy atom. The second-order valence-electron chi connectivity index (χ2n) is 8.24. The first-order chi connectivity index (χ1) is 15.3. The third-order valence-corrected chi connectivity index (χ3v) is 6.25. The van der Waals surface area contributed by atoms with Crippen LogP contribution in [0.5, 0.6) is 0 Å². The van der Waals surface area contributed by atoms with Gasteiger partial charge in [-0.3, -0.25) is 9.59 Å². The van der Waals surface area contributed by atoms with E-state index in [-0.39, 0.29) is 23.3 Å². The maximum absolute atomic E-state index is 14.8. The average molecular weight is 432 g/mol. The maximum atomic E-state index is 14.8. The average Bonchev–Trinajstić information content (AvgIpc) is 2.78. The molecule has 0 spiro atoms. The predicted octanol–water partition coefficient (Wildman–Crippen LogP) is 5.29. The number of carbonyl (C=O) groups excluding carboxylic acids is 1. The van der Waals surface area contributed by atoms with Gasteiger partial charge < -0.3 is 10.4 Å². The molecule has 0 aliphatic heterocycles. The number of aromatic nitrogens is 1. The number of carboxylic acid groups (broad SMARTS) is 1. The van der Waals surface area contributed by atoms with E-state index in [1.807, 2.05) is 26.0 Å². The molecule has 3 aromatic rings. The fraction of sp³-hybridized carbons (Fsp3) is 0.269. The molecule has 2 N–H and O–H groups in total. The summed E-state index contributed by atoms with van der Waals surface area (Å²) in [7, 11) is 1.54. The molecule has 1 heterocycles. The summed E-state index contributed by atoms with van der Waals surface area (Å²) in [6, 6.07) is 10.1. The van der Waals surface area contributed by atoms with Crippen molar-refractivity contribution in [2.45, 2.75) is 33.1 Å². The summed E-state index contributed by atoms with van der Waals surface area (Å²) in [6.45, 7) is 3.98. The Bertz CT molecular complexity index is 1280. The number of nitrogens with zero attached hydrogens (tertiary/aromatic N) is 1. The van der Waals surface area contributed by atoms with Crippen molar-refractivity contribution in [1.82, 2.24) is 10.3 Å². The van der Waals surface area contributed by atoms with E-state index in [0.29, 0.717) is 35.9 Å². The summed E-state index contributed by atoms with van der Waals surface area (Å²) in [5.74, 6) is -1.82. The van der Waals surface area contributed by atoms with Gasteiger partial charge in [0.1, 0.15) is 11.5 Å². The number of pyridine rings is 1. The Hall–Kier alpha value is -3.54. The normalized spacial score (nSPS) is 16.0. The highest BCUT2D eigenvalue weighted by Gasteiger charge is 2.24. The van der Waals surface area contributed by atoms with Crippen molar-refractivity contribution in [1.29, 1.82) is 0 Å². The van der Waals surface area contributed by atoms with E-state index in [9.17, 15) is 19.1 Å². The number of carboxylic acids is 1. The van der Waals surface area contributed by atoms with Gasteiger partial charge >= 0.3 is 5.97 Å². The number of nitrogens with one attached hydrogen (secondary N) is 1. The number of aryl methyl sites for hydroxylation is 2. The van der Waals surface area contributed by atoms with E-state index in [0.717, 1.165) is 27.6 Å². The first-order valence-corrected chi connectivity index (χ1v) is 10.7. The third-order valence-electron chi connectivity index (χ3n) is 6.25. The number of halogens is 1. The number of fused-ring (bicyclic) bond motifs is 1. The van der Waals surface area contributed by atoms with Crippen LogP contribution in [-0.2, 0) is 4.79 Å². The van der Waals surface area contributed by atoms with E-state index in [4.69, 9.17) is 0 Å². The molecule has 2 aromatic carbocycles. The summed E-state index contributed by atoms with van der Waals surface area (Å²) in [5.41, 5.74) is 5.98. The van der Waals surface area contributed by atoms with E-state index in [1.54, 1.807) is 24.3 Å². The third kappa shape index (κ3) is 3.77. The lowest BCUT2D eigenvalue weighted by Crippen LogP contribution is -2.19. The fourth-order valence-corrected chi connectivity index (χ4v) is 4.68. The summed E-state index contributed by atoms with van der Waals surface area (Å²) in [5, 5.41) is 12.7. The van der Waals surface area contributed by atoms with Crippen LogP contribution in [0.3, 0.4) is 0 Å². The second kappa shape index (κ2) is 8.54. The molecule has 0 saturated heterocycles. The van der Waals surface area contributed by atoms with Crippen LogP contribution in [-0.4, -0.2) is 29.0 Å². The highest BCUT2D eigenvalue weighted by atomic mass is 19.1. The summed E-state index contributed by atoms with van der Waals surface area (Å²) >= 11 is 0. The van der Waals surface area contributed by atoms with Gasteiger partial charge in [0.25, 0.3) is 5.91 Å². The molecule has 6 heteroatoms. The number of aliphatic carboxylic acids is 1. The van der Waals surface area contributed by atoms with Crippen molar-refractivity contribution < 1.29 is 19.1 Å². The van der Waals surface area contributed by atoms with Gasteiger partial charge in [-0.05, 0) is 79.1 Å². The molecule has 1 aliphatic carbocycles. The van der Waals surface area contributed by atoms with Gasteiger partial charge in [0, 0.05) is 18.0 Å². The standard InChI is InChI=1S/C26H25FN2O3/c1-14-12-21-24(15(2)23(14)16-8-10-17(11-9-16)26(31)32)19(13-22(29-21)25(30)28-3)18-6-4-5-7-20(18)27/h4-8,12-13,17H,9-11H2,1-3H3,(H,28,30)(H,31,32). The summed E-state index contributed by atoms with van der Waals surface area (Å²) < 4.78 is 14.8. The van der Waals surface area contributed by atoms with Crippen LogP contribution in [0.4, 0.5) is 4.39 Å². The highest BCUT2D eigenvalue weighted by Crippen LogP contribution is 2.40. The molecule has 1 amide bonds. The molecule has 0 bridgehead atoms. The smallest absolute Gasteiger partial charge is 0.306 e. The fourth-order valence-electron chi connectivity index (χ4n) is 4.68. The molecule has 0 radical (unpaired) electrons. The number of amides is 1. The van der Waals surface area contributed by atoms with Gasteiger partial charge in [-0.15, -0.1) is 0 Å². The molecule has 5 nitrogen and oxygen atoms in total. The molecule has 1 atom stereocenters. The van der Waals surface area contributed by atoms with Crippen LogP contribution in [0.2, 0.25) is 0 Å². The number of hydrogen-bond donors (Lipinski definition) is 2. The Labute approximate surface area is 186 Å². The van der Waals surface area contributed by atoms with Crippen LogP contribution in [0, 0.1) is 25.6 Å². The van der Waals surface area contributed by atoms with Crippen molar-refractivity contribution in [2.24, 2.45) is 5.92 Å². The van der Waals surface area contributed by atoms with E-state index < -0.39 is 5.97 Å². The lowest BCUT2D eigenvalue weighted by atomic mass is 9.82. The Morgan fingerprint density at radius 2 is 1.91 bits per heavy atom. The van der Waals surface area contributed by atoms with Crippen molar-refractivity contribution >= 4 is 28.4 Å². The van der Waals surface area contributed by atoms with E-state index in [1.165, 1.54) is 13.1 Å². The first kappa shape index (κ1) is 21.7. The lowest BCUT2D eigenvalue weighted by Gasteiger charge is -2.23. The summed E-state index contributed by atoms with van der Waals surface area (Å²) in [4.78, 5) is 28.3. The molecule has 0 saturated carbocycles. The van der Waals surface area contributed by atoms with E-state index >= 15 is 0 Å². The van der Waals surface area contributed by atoms with Crippen molar-refractivity contribution in [3.63, 3.8) is 0 Å². The Morgan fingerprint density at radius 3 is 2.53 bits per heavy atom. The number of carbonyl (C=O) groups is 2. The monoisotopic (exact) mass is 432 g/mol. The molecular weight excluding hydrogens is 407 g/mol. The Balaban J connectivity index is 1.99. The topological polar surface area (TPSA) is 79.3 Å². The Kier molecular flexibility index (Phi) is 5.78.